The van der Waals surface area contributed by atoms with Crippen LogP contribution < -0.4 is 0 Å². The summed E-state index contributed by atoms with van der Waals surface area (Å²) in [6.07, 6.45) is 0. The highest BCUT2D eigenvalue weighted by Crippen LogP contribution is 2.29. The number of benzene rings is 2. The van der Waals surface area contributed by atoms with Crippen molar-refractivity contribution in [2.45, 2.75) is 0 Å². The van der Waals surface area contributed by atoms with E-state index in [0.717, 1.165) is 33.1 Å². The first kappa shape index (κ1) is 12.1. The maximum atomic E-state index is 9.33. The molecule has 2 aromatic carbocycles. The highest BCUT2D eigenvalue weighted by Gasteiger charge is 2.10. The SMILES string of the molecule is Oc1ccc(-c2csc(-c3nc4ccccc4[nH]3)n2)cc1. The Kier molecular flexibility index (Phi) is 2.72. The molecule has 102 valence electrons. The molecule has 21 heavy (non-hydrogen) atoms. The fourth-order valence-corrected chi connectivity index (χ4v) is 2.97. The summed E-state index contributed by atoms with van der Waals surface area (Å²) >= 11 is 1.55. The van der Waals surface area contributed by atoms with E-state index in [4.69, 9.17) is 0 Å². The normalized spacial score (nSPS) is 11.0. The second-order valence-corrected chi connectivity index (χ2v) is 5.55. The van der Waals surface area contributed by atoms with Gasteiger partial charge in [0.2, 0.25) is 0 Å². The summed E-state index contributed by atoms with van der Waals surface area (Å²) in [7, 11) is 0. The molecule has 0 radical (unpaired) electrons. The Morgan fingerprint density at radius 3 is 2.57 bits per heavy atom. The Bertz CT molecular complexity index is 876. The van der Waals surface area contributed by atoms with Crippen LogP contribution in [0, 0.1) is 0 Å². The zero-order valence-corrected chi connectivity index (χ0v) is 11.8. The van der Waals surface area contributed by atoms with Gasteiger partial charge in [0.15, 0.2) is 10.8 Å². The molecule has 4 aromatic rings. The van der Waals surface area contributed by atoms with Crippen molar-refractivity contribution in [3.63, 3.8) is 0 Å². The molecule has 0 amide bonds. The van der Waals surface area contributed by atoms with Gasteiger partial charge in [-0.05, 0) is 36.4 Å². The van der Waals surface area contributed by atoms with E-state index in [1.165, 1.54) is 0 Å². The highest BCUT2D eigenvalue weighted by molar-refractivity contribution is 7.13. The Morgan fingerprint density at radius 1 is 0.952 bits per heavy atom. The Hall–Kier alpha value is -2.66. The number of nitrogens with zero attached hydrogens (tertiary/aromatic N) is 2. The first-order valence-corrected chi connectivity index (χ1v) is 7.37. The van der Waals surface area contributed by atoms with Crippen molar-refractivity contribution in [3.8, 4) is 27.8 Å². The first-order chi connectivity index (χ1) is 10.3. The summed E-state index contributed by atoms with van der Waals surface area (Å²) in [5, 5.41) is 12.2. The summed E-state index contributed by atoms with van der Waals surface area (Å²) in [6.45, 7) is 0. The molecule has 2 aromatic heterocycles. The Balaban J connectivity index is 1.75. The number of rotatable bonds is 2. The van der Waals surface area contributed by atoms with Crippen molar-refractivity contribution in [2.24, 2.45) is 0 Å². The van der Waals surface area contributed by atoms with Gasteiger partial charge in [0, 0.05) is 10.9 Å². The summed E-state index contributed by atoms with van der Waals surface area (Å²) < 4.78 is 0. The molecule has 0 spiro atoms. The van der Waals surface area contributed by atoms with Crippen molar-refractivity contribution in [3.05, 3.63) is 53.9 Å². The van der Waals surface area contributed by atoms with Crippen molar-refractivity contribution >= 4 is 22.4 Å². The van der Waals surface area contributed by atoms with Gasteiger partial charge in [-0.1, -0.05) is 12.1 Å². The molecule has 4 rings (SSSR count). The van der Waals surface area contributed by atoms with Crippen LogP contribution >= 0.6 is 11.3 Å². The first-order valence-electron chi connectivity index (χ1n) is 6.50. The van der Waals surface area contributed by atoms with E-state index in [9.17, 15) is 5.11 Å². The number of nitrogens with one attached hydrogen (secondary N) is 1. The van der Waals surface area contributed by atoms with Crippen LogP contribution in [0.15, 0.2) is 53.9 Å². The summed E-state index contributed by atoms with van der Waals surface area (Å²) in [5.41, 5.74) is 3.81. The van der Waals surface area contributed by atoms with Gasteiger partial charge in [-0.2, -0.15) is 0 Å². The van der Waals surface area contributed by atoms with Crippen molar-refractivity contribution < 1.29 is 5.11 Å². The van der Waals surface area contributed by atoms with Gasteiger partial charge >= 0.3 is 0 Å². The maximum absolute atomic E-state index is 9.33. The monoisotopic (exact) mass is 293 g/mol. The van der Waals surface area contributed by atoms with E-state index in [1.54, 1.807) is 23.5 Å². The molecule has 5 heteroatoms. The summed E-state index contributed by atoms with van der Waals surface area (Å²) in [4.78, 5) is 12.5. The van der Waals surface area contributed by atoms with Gasteiger partial charge in [0.05, 0.1) is 16.7 Å². The second kappa shape index (κ2) is 4.71. The third kappa shape index (κ3) is 2.17. The van der Waals surface area contributed by atoms with Gasteiger partial charge < -0.3 is 10.1 Å². The van der Waals surface area contributed by atoms with E-state index >= 15 is 0 Å². The smallest absolute Gasteiger partial charge is 0.167 e. The van der Waals surface area contributed by atoms with Crippen LogP contribution in [0.5, 0.6) is 5.75 Å². The van der Waals surface area contributed by atoms with Gasteiger partial charge in [-0.3, -0.25) is 0 Å². The molecular formula is C16H11N3OS. The predicted octanol–water partition coefficient (Wildman–Crippen LogP) is 4.06. The van der Waals surface area contributed by atoms with Crippen LogP contribution in [0.2, 0.25) is 0 Å². The van der Waals surface area contributed by atoms with Gasteiger partial charge in [-0.25, -0.2) is 9.97 Å². The number of thiazole rings is 1. The quantitative estimate of drug-likeness (QED) is 0.586. The molecule has 0 aliphatic rings. The highest BCUT2D eigenvalue weighted by atomic mass is 32.1. The largest absolute Gasteiger partial charge is 0.508 e. The average Bonchev–Trinajstić information content (AvgIpc) is 3.14. The van der Waals surface area contributed by atoms with E-state index in [1.807, 2.05) is 41.8 Å². The number of H-pyrrole nitrogens is 1. The van der Waals surface area contributed by atoms with Crippen LogP contribution in [0.25, 0.3) is 33.1 Å². The van der Waals surface area contributed by atoms with E-state index in [2.05, 4.69) is 15.0 Å². The molecule has 0 saturated heterocycles. The fraction of sp³-hybridized carbons (Fsp3) is 0. The molecule has 0 unspecified atom stereocenters. The van der Waals surface area contributed by atoms with Crippen LogP contribution in [0.1, 0.15) is 0 Å². The minimum atomic E-state index is 0.256. The standard InChI is InChI=1S/C16H11N3OS/c20-11-7-5-10(6-8-11)14-9-21-16(19-14)15-17-12-3-1-2-4-13(12)18-15/h1-9,20H,(H,17,18). The number of hydrogen-bond acceptors (Lipinski definition) is 4. The lowest BCUT2D eigenvalue weighted by Gasteiger charge is -1.96. The van der Waals surface area contributed by atoms with Crippen LogP contribution in [0.3, 0.4) is 0 Å². The molecule has 0 aliphatic carbocycles. The number of hydrogen-bond donors (Lipinski definition) is 2. The fourth-order valence-electron chi connectivity index (χ4n) is 2.20. The lowest BCUT2D eigenvalue weighted by molar-refractivity contribution is 0.475. The van der Waals surface area contributed by atoms with Gasteiger partial charge in [0.1, 0.15) is 5.75 Å². The zero-order valence-electron chi connectivity index (χ0n) is 10.9. The number of para-hydroxylation sites is 2. The minimum absolute atomic E-state index is 0.256. The number of aromatic amines is 1. The summed E-state index contributed by atoms with van der Waals surface area (Å²) in [5.74, 6) is 1.04. The molecule has 0 aliphatic heterocycles. The van der Waals surface area contributed by atoms with Crippen molar-refractivity contribution in [1.82, 2.24) is 15.0 Å². The van der Waals surface area contributed by atoms with E-state index in [-0.39, 0.29) is 5.75 Å². The average molecular weight is 293 g/mol. The van der Waals surface area contributed by atoms with Gasteiger partial charge in [0.25, 0.3) is 0 Å². The predicted molar refractivity (Wildman–Crippen MR) is 84.3 cm³/mol. The van der Waals surface area contributed by atoms with Crippen LogP contribution in [0.4, 0.5) is 0 Å². The molecular weight excluding hydrogens is 282 g/mol. The van der Waals surface area contributed by atoms with Crippen molar-refractivity contribution in [1.29, 1.82) is 0 Å². The Labute approximate surface area is 124 Å². The molecule has 4 nitrogen and oxygen atoms in total. The van der Waals surface area contributed by atoms with E-state index < -0.39 is 0 Å². The lowest BCUT2D eigenvalue weighted by Crippen LogP contribution is -1.81. The van der Waals surface area contributed by atoms with Crippen molar-refractivity contribution in [2.75, 3.05) is 0 Å². The number of phenolic OH excluding ortho intramolecular Hbond substituents is 1. The summed E-state index contributed by atoms with van der Waals surface area (Å²) in [6, 6.07) is 15.0. The molecule has 0 bridgehead atoms. The number of imidazole rings is 1. The number of aromatic hydroxyl groups is 1. The molecule has 2 N–H and O–H groups in total. The van der Waals surface area contributed by atoms with Gasteiger partial charge in [-0.15, -0.1) is 11.3 Å². The molecule has 2 heterocycles. The van der Waals surface area contributed by atoms with Crippen LogP contribution in [-0.2, 0) is 0 Å². The third-order valence-corrected chi connectivity index (χ3v) is 4.11. The Morgan fingerprint density at radius 2 is 1.76 bits per heavy atom. The molecule has 0 fully saturated rings. The maximum Gasteiger partial charge on any atom is 0.167 e. The molecule has 0 atom stereocenters. The third-order valence-electron chi connectivity index (χ3n) is 3.26. The second-order valence-electron chi connectivity index (χ2n) is 4.69. The lowest BCUT2D eigenvalue weighted by atomic mass is 10.2. The van der Waals surface area contributed by atoms with Crippen LogP contribution in [-0.4, -0.2) is 20.1 Å². The van der Waals surface area contributed by atoms with E-state index in [0.29, 0.717) is 0 Å². The number of aromatic nitrogens is 3. The minimum Gasteiger partial charge on any atom is -0.508 e. The number of fused-ring (bicyclic) bond motifs is 1. The zero-order chi connectivity index (χ0) is 14.2. The molecule has 0 saturated carbocycles. The topological polar surface area (TPSA) is 61.8 Å². The number of phenols is 1.